The third-order valence-corrected chi connectivity index (χ3v) is 7.41. The first kappa shape index (κ1) is 19.5. The zero-order chi connectivity index (χ0) is 20.8. The summed E-state index contributed by atoms with van der Waals surface area (Å²) in [6.07, 6.45) is 7.06. The van der Waals surface area contributed by atoms with Crippen LogP contribution in [0.1, 0.15) is 72.4 Å². The Morgan fingerprint density at radius 3 is 2.73 bits per heavy atom. The van der Waals surface area contributed by atoms with E-state index >= 15 is 0 Å². The molecule has 0 amide bonds. The number of Topliss-reactive ketones (excluding diaryl/α,β-unsaturated/α-hetero) is 1. The molecule has 2 heterocycles. The van der Waals surface area contributed by atoms with Gasteiger partial charge in [-0.25, -0.2) is 10.4 Å². The number of fused-ring (bicyclic) bond motifs is 3. The van der Waals surface area contributed by atoms with Gasteiger partial charge in [0.1, 0.15) is 11.8 Å². The number of hydrazine groups is 1. The van der Waals surface area contributed by atoms with Crippen LogP contribution in [0.4, 0.5) is 5.69 Å². The number of ketones is 1. The Morgan fingerprint density at radius 2 is 2.03 bits per heavy atom. The summed E-state index contributed by atoms with van der Waals surface area (Å²) in [6, 6.07) is 12.4. The quantitative estimate of drug-likeness (QED) is 0.708. The number of nitrogens with zero attached hydrogens (tertiary/aromatic N) is 3. The number of anilines is 1. The first-order valence-corrected chi connectivity index (χ1v) is 11.2. The van der Waals surface area contributed by atoms with Crippen LogP contribution in [0.5, 0.6) is 0 Å². The molecule has 0 bridgehead atoms. The van der Waals surface area contributed by atoms with Gasteiger partial charge in [0.15, 0.2) is 5.78 Å². The number of nitrogens with one attached hydrogen (secondary N) is 1. The maximum atomic E-state index is 11.8. The lowest BCUT2D eigenvalue weighted by atomic mass is 9.75. The molecule has 1 aromatic carbocycles. The Labute approximate surface area is 182 Å². The first-order valence-electron chi connectivity index (χ1n) is 10.8. The van der Waals surface area contributed by atoms with E-state index in [0.717, 1.165) is 24.2 Å². The van der Waals surface area contributed by atoms with Gasteiger partial charge < -0.3 is 5.01 Å². The normalized spacial score (nSPS) is 25.6. The molecule has 0 radical (unpaired) electrons. The van der Waals surface area contributed by atoms with E-state index in [1.165, 1.54) is 31.2 Å². The van der Waals surface area contributed by atoms with Crippen molar-refractivity contribution in [2.45, 2.75) is 57.5 Å². The fourth-order valence-corrected chi connectivity index (χ4v) is 5.92. The standard InChI is InChI=1S/C24H25ClN4O/c1-14(30)21-10-8-18-22(27-21)11-9-19-23(18)28-29(24(19)15-4-2-3-5-15)17-7-6-16(13-26)20(25)12-17/h6-8,10,12,15,19,23-24,28H,2-5,9,11H2,1H3. The molecule has 154 valence electrons. The highest BCUT2D eigenvalue weighted by atomic mass is 35.5. The fourth-order valence-electron chi connectivity index (χ4n) is 5.70. The van der Waals surface area contributed by atoms with Crippen molar-refractivity contribution in [1.29, 1.82) is 5.26 Å². The monoisotopic (exact) mass is 420 g/mol. The van der Waals surface area contributed by atoms with E-state index in [9.17, 15) is 10.1 Å². The lowest BCUT2D eigenvalue weighted by Crippen LogP contribution is -2.42. The van der Waals surface area contributed by atoms with Crippen LogP contribution in [-0.2, 0) is 6.42 Å². The summed E-state index contributed by atoms with van der Waals surface area (Å²) < 4.78 is 0. The summed E-state index contributed by atoms with van der Waals surface area (Å²) in [5.74, 6) is 1.14. The maximum Gasteiger partial charge on any atom is 0.178 e. The predicted octanol–water partition coefficient (Wildman–Crippen LogP) is 5.00. The topological polar surface area (TPSA) is 69.0 Å². The smallest absolute Gasteiger partial charge is 0.178 e. The van der Waals surface area contributed by atoms with Crippen LogP contribution < -0.4 is 10.4 Å². The van der Waals surface area contributed by atoms with E-state index in [1.54, 1.807) is 6.92 Å². The van der Waals surface area contributed by atoms with E-state index in [4.69, 9.17) is 11.6 Å². The molecule has 3 atom stereocenters. The van der Waals surface area contributed by atoms with Crippen molar-refractivity contribution in [1.82, 2.24) is 10.4 Å². The van der Waals surface area contributed by atoms with Crippen LogP contribution in [0, 0.1) is 23.2 Å². The highest BCUT2D eigenvalue weighted by Crippen LogP contribution is 2.48. The van der Waals surface area contributed by atoms with E-state index < -0.39 is 0 Å². The van der Waals surface area contributed by atoms with Gasteiger partial charge in [0.25, 0.3) is 0 Å². The highest BCUT2D eigenvalue weighted by molar-refractivity contribution is 6.32. The molecular weight excluding hydrogens is 396 g/mol. The average molecular weight is 421 g/mol. The lowest BCUT2D eigenvalue weighted by Gasteiger charge is -2.34. The molecule has 1 N–H and O–H groups in total. The Morgan fingerprint density at radius 1 is 1.23 bits per heavy atom. The molecule has 1 aliphatic heterocycles. The zero-order valence-corrected chi connectivity index (χ0v) is 17.8. The molecule has 2 aliphatic carbocycles. The number of aromatic nitrogens is 1. The SMILES string of the molecule is CC(=O)c1ccc2c(n1)CCC1C2NN(c2ccc(C#N)c(Cl)c2)C1C1CCCC1. The maximum absolute atomic E-state index is 11.8. The molecule has 5 nitrogen and oxygen atoms in total. The van der Waals surface area contributed by atoms with Crippen LogP contribution >= 0.6 is 11.6 Å². The number of benzene rings is 1. The van der Waals surface area contributed by atoms with E-state index in [-0.39, 0.29) is 11.8 Å². The van der Waals surface area contributed by atoms with Crippen LogP contribution in [-0.4, -0.2) is 16.8 Å². The summed E-state index contributed by atoms with van der Waals surface area (Å²) in [5, 5.41) is 12.0. The number of aryl methyl sites for hydroxylation is 1. The Balaban J connectivity index is 1.54. The second-order valence-electron chi connectivity index (χ2n) is 8.78. The summed E-state index contributed by atoms with van der Waals surface area (Å²) in [4.78, 5) is 16.4. The summed E-state index contributed by atoms with van der Waals surface area (Å²) in [6.45, 7) is 1.57. The van der Waals surface area contributed by atoms with Crippen LogP contribution in [0.15, 0.2) is 30.3 Å². The number of pyridine rings is 1. The molecular formula is C24H25ClN4O. The van der Waals surface area contributed by atoms with Crippen LogP contribution in [0.3, 0.4) is 0 Å². The Hall–Kier alpha value is -2.42. The molecule has 5 rings (SSSR count). The van der Waals surface area contributed by atoms with Gasteiger partial charge in [0.2, 0.25) is 0 Å². The van der Waals surface area contributed by atoms with E-state index in [1.807, 2.05) is 24.3 Å². The van der Waals surface area contributed by atoms with Crippen LogP contribution in [0.2, 0.25) is 5.02 Å². The first-order chi connectivity index (χ1) is 14.6. The van der Waals surface area contributed by atoms with Crippen molar-refractivity contribution in [3.8, 4) is 6.07 Å². The van der Waals surface area contributed by atoms with Crippen molar-refractivity contribution >= 4 is 23.1 Å². The third kappa shape index (κ3) is 3.19. The fraction of sp³-hybridized carbons (Fsp3) is 0.458. The lowest BCUT2D eigenvalue weighted by molar-refractivity contribution is 0.101. The summed E-state index contributed by atoms with van der Waals surface area (Å²) >= 11 is 6.38. The number of halogens is 1. The molecule has 6 heteroatoms. The summed E-state index contributed by atoms with van der Waals surface area (Å²) in [5.41, 5.74) is 8.09. The van der Waals surface area contributed by atoms with Crippen molar-refractivity contribution in [2.75, 3.05) is 5.01 Å². The third-order valence-electron chi connectivity index (χ3n) is 7.10. The number of hydrogen-bond acceptors (Lipinski definition) is 5. The number of nitriles is 1. The zero-order valence-electron chi connectivity index (χ0n) is 17.1. The van der Waals surface area contributed by atoms with Gasteiger partial charge in [-0.2, -0.15) is 5.26 Å². The molecule has 30 heavy (non-hydrogen) atoms. The molecule has 1 saturated carbocycles. The molecule has 2 aromatic rings. The highest BCUT2D eigenvalue weighted by Gasteiger charge is 2.48. The van der Waals surface area contributed by atoms with Crippen molar-refractivity contribution in [3.05, 3.63) is 57.9 Å². The number of carbonyl (C=O) groups excluding carboxylic acids is 1. The molecule has 1 aromatic heterocycles. The number of carbonyl (C=O) groups is 1. The largest absolute Gasteiger partial charge is 0.304 e. The Bertz CT molecular complexity index is 1040. The molecule has 1 saturated heterocycles. The number of rotatable bonds is 3. The molecule has 2 fully saturated rings. The predicted molar refractivity (Wildman–Crippen MR) is 116 cm³/mol. The van der Waals surface area contributed by atoms with Gasteiger partial charge in [-0.3, -0.25) is 4.79 Å². The van der Waals surface area contributed by atoms with E-state index in [0.29, 0.717) is 34.2 Å². The van der Waals surface area contributed by atoms with Crippen molar-refractivity contribution in [2.24, 2.45) is 11.8 Å². The van der Waals surface area contributed by atoms with Gasteiger partial charge in [0, 0.05) is 18.5 Å². The molecule has 3 aliphatic rings. The van der Waals surface area contributed by atoms with Crippen molar-refractivity contribution in [3.63, 3.8) is 0 Å². The van der Waals surface area contributed by atoms with Gasteiger partial charge in [-0.1, -0.05) is 30.5 Å². The van der Waals surface area contributed by atoms with Gasteiger partial charge in [0.05, 0.1) is 28.4 Å². The minimum absolute atomic E-state index is 0.0111. The van der Waals surface area contributed by atoms with Gasteiger partial charge >= 0.3 is 0 Å². The van der Waals surface area contributed by atoms with Crippen molar-refractivity contribution < 1.29 is 4.79 Å². The average Bonchev–Trinajstić information content (AvgIpc) is 3.40. The molecule has 0 spiro atoms. The van der Waals surface area contributed by atoms with E-state index in [2.05, 4.69) is 27.6 Å². The second-order valence-corrected chi connectivity index (χ2v) is 9.19. The second kappa shape index (κ2) is 7.68. The van der Waals surface area contributed by atoms with Gasteiger partial charge in [-0.05, 0) is 61.4 Å². The van der Waals surface area contributed by atoms with Crippen LogP contribution in [0.25, 0.3) is 0 Å². The van der Waals surface area contributed by atoms with Gasteiger partial charge in [-0.15, -0.1) is 0 Å². The minimum atomic E-state index is 0.0111. The Kier molecular flexibility index (Phi) is 5.00. The number of hydrogen-bond donors (Lipinski definition) is 1. The minimum Gasteiger partial charge on any atom is -0.304 e. The summed E-state index contributed by atoms with van der Waals surface area (Å²) in [7, 11) is 0. The molecule has 3 unspecified atom stereocenters.